The van der Waals surface area contributed by atoms with Crippen LogP contribution in [-0.4, -0.2) is 26.2 Å². The largest absolute Gasteiger partial charge is 0.375 e. The maximum atomic E-state index is 12.0. The molecule has 0 spiro atoms. The highest BCUT2D eigenvalue weighted by Gasteiger charge is 2.11. The molecule has 1 atom stereocenters. The smallest absolute Gasteiger partial charge is 0.261 e. The van der Waals surface area contributed by atoms with Crippen LogP contribution in [0.4, 0.5) is 8.78 Å². The molecule has 108 valence electrons. The lowest BCUT2D eigenvalue weighted by molar-refractivity contribution is 0.0143. The zero-order valence-corrected chi connectivity index (χ0v) is 11.8. The van der Waals surface area contributed by atoms with Gasteiger partial charge in [0.1, 0.15) is 6.61 Å². The molecule has 0 saturated carbocycles. The van der Waals surface area contributed by atoms with Gasteiger partial charge >= 0.3 is 0 Å². The molecule has 19 heavy (non-hydrogen) atoms. The van der Waals surface area contributed by atoms with Crippen molar-refractivity contribution in [2.75, 3.05) is 19.8 Å². The maximum Gasteiger partial charge on any atom is 0.261 e. The van der Waals surface area contributed by atoms with E-state index in [0.717, 1.165) is 18.5 Å². The van der Waals surface area contributed by atoms with E-state index in [9.17, 15) is 8.78 Å². The molecule has 0 fully saturated rings. The van der Waals surface area contributed by atoms with Crippen LogP contribution in [0.25, 0.3) is 0 Å². The van der Waals surface area contributed by atoms with Crippen LogP contribution in [0, 0.1) is 0 Å². The molecule has 1 unspecified atom stereocenters. The second kappa shape index (κ2) is 9.23. The molecule has 0 saturated heterocycles. The van der Waals surface area contributed by atoms with Crippen LogP contribution in [0.3, 0.4) is 0 Å². The Balaban J connectivity index is 2.51. The van der Waals surface area contributed by atoms with E-state index >= 15 is 0 Å². The molecule has 1 aromatic rings. The monoisotopic (exact) mass is 291 g/mol. The summed E-state index contributed by atoms with van der Waals surface area (Å²) in [6.45, 7) is 2.75. The van der Waals surface area contributed by atoms with Crippen molar-refractivity contribution in [1.82, 2.24) is 5.32 Å². The van der Waals surface area contributed by atoms with Crippen molar-refractivity contribution in [3.05, 3.63) is 34.9 Å². The summed E-state index contributed by atoms with van der Waals surface area (Å²) in [7, 11) is 0. The Hall–Kier alpha value is -0.710. The minimum atomic E-state index is -2.41. The van der Waals surface area contributed by atoms with E-state index in [-0.39, 0.29) is 6.04 Å². The first kappa shape index (κ1) is 16.3. The number of nitrogens with one attached hydrogen (secondary N) is 1. The molecule has 0 aliphatic rings. The number of rotatable bonds is 9. The van der Waals surface area contributed by atoms with Gasteiger partial charge < -0.3 is 10.1 Å². The Kier molecular flexibility index (Phi) is 7.94. The maximum absolute atomic E-state index is 12.0. The molecule has 2 nitrogen and oxygen atoms in total. The summed E-state index contributed by atoms with van der Waals surface area (Å²) < 4.78 is 28.9. The third kappa shape index (κ3) is 6.85. The molecule has 0 aliphatic carbocycles. The zero-order valence-electron chi connectivity index (χ0n) is 11.0. The van der Waals surface area contributed by atoms with Gasteiger partial charge in [0, 0.05) is 17.7 Å². The summed E-state index contributed by atoms with van der Waals surface area (Å²) in [5.74, 6) is 0. The number of halogens is 3. The average Bonchev–Trinajstić information content (AvgIpc) is 2.37. The number of hydrogen-bond acceptors (Lipinski definition) is 2. The zero-order chi connectivity index (χ0) is 14.1. The molecule has 5 heteroatoms. The van der Waals surface area contributed by atoms with Gasteiger partial charge in [-0.3, -0.25) is 0 Å². The SMILES string of the molecule is CCCNC(CCOCC(F)F)c1cccc(Cl)c1. The van der Waals surface area contributed by atoms with Crippen LogP contribution < -0.4 is 5.32 Å². The van der Waals surface area contributed by atoms with Crippen molar-refractivity contribution >= 4 is 11.6 Å². The standard InChI is InChI=1S/C14H20ClF2NO/c1-2-7-18-13(6-8-19-10-14(16)17)11-4-3-5-12(15)9-11/h3-5,9,13-14,18H,2,6-8,10H2,1H3. The fourth-order valence-corrected chi connectivity index (χ4v) is 2.00. The molecule has 0 radical (unpaired) electrons. The first-order valence-electron chi connectivity index (χ1n) is 6.48. The number of alkyl halides is 2. The molecule has 0 aromatic heterocycles. The van der Waals surface area contributed by atoms with Crippen LogP contribution in [0.1, 0.15) is 31.4 Å². The summed E-state index contributed by atoms with van der Waals surface area (Å²) in [5.41, 5.74) is 1.06. The lowest BCUT2D eigenvalue weighted by atomic mass is 10.0. The van der Waals surface area contributed by atoms with Crippen molar-refractivity contribution in [1.29, 1.82) is 0 Å². The van der Waals surface area contributed by atoms with Gasteiger partial charge in [-0.15, -0.1) is 0 Å². The Labute approximate surface area is 118 Å². The molecule has 1 N–H and O–H groups in total. The van der Waals surface area contributed by atoms with E-state index in [1.165, 1.54) is 0 Å². The minimum Gasteiger partial charge on any atom is -0.375 e. The Bertz CT molecular complexity index is 363. The highest BCUT2D eigenvalue weighted by atomic mass is 35.5. The van der Waals surface area contributed by atoms with E-state index in [4.69, 9.17) is 16.3 Å². The van der Waals surface area contributed by atoms with E-state index in [1.54, 1.807) is 0 Å². The van der Waals surface area contributed by atoms with Gasteiger partial charge in [-0.1, -0.05) is 30.7 Å². The van der Waals surface area contributed by atoms with Gasteiger partial charge in [0.15, 0.2) is 0 Å². The lowest BCUT2D eigenvalue weighted by Gasteiger charge is -2.19. The fraction of sp³-hybridized carbons (Fsp3) is 0.571. The normalized spacial score (nSPS) is 12.9. The summed E-state index contributed by atoms with van der Waals surface area (Å²) in [5, 5.41) is 4.05. The van der Waals surface area contributed by atoms with E-state index in [1.807, 2.05) is 24.3 Å². The highest BCUT2D eigenvalue weighted by molar-refractivity contribution is 6.30. The summed E-state index contributed by atoms with van der Waals surface area (Å²) in [6, 6.07) is 7.65. The quantitative estimate of drug-likeness (QED) is 0.693. The van der Waals surface area contributed by atoms with Gasteiger partial charge in [0.05, 0.1) is 0 Å². The fourth-order valence-electron chi connectivity index (χ4n) is 1.80. The minimum absolute atomic E-state index is 0.0799. The lowest BCUT2D eigenvalue weighted by Crippen LogP contribution is -2.24. The van der Waals surface area contributed by atoms with Crippen molar-refractivity contribution < 1.29 is 13.5 Å². The summed E-state index contributed by atoms with van der Waals surface area (Å²) in [4.78, 5) is 0. The number of ether oxygens (including phenoxy) is 1. The third-order valence-corrected chi connectivity index (χ3v) is 2.92. The molecule has 0 aliphatic heterocycles. The predicted octanol–water partition coefficient (Wildman–Crippen LogP) is 4.05. The summed E-state index contributed by atoms with van der Waals surface area (Å²) in [6.07, 6.45) is -0.754. The van der Waals surface area contributed by atoms with Crippen molar-refractivity contribution in [3.63, 3.8) is 0 Å². The topological polar surface area (TPSA) is 21.3 Å². The van der Waals surface area contributed by atoms with Gasteiger partial charge in [-0.2, -0.15) is 0 Å². The number of hydrogen-bond donors (Lipinski definition) is 1. The average molecular weight is 292 g/mol. The Morgan fingerprint density at radius 1 is 1.37 bits per heavy atom. The van der Waals surface area contributed by atoms with Gasteiger partial charge in [0.2, 0.25) is 0 Å². The van der Waals surface area contributed by atoms with E-state index in [0.29, 0.717) is 18.1 Å². The predicted molar refractivity (Wildman–Crippen MR) is 73.9 cm³/mol. The van der Waals surface area contributed by atoms with E-state index < -0.39 is 13.0 Å². The molecule has 1 aromatic carbocycles. The second-order valence-corrected chi connectivity index (χ2v) is 4.75. The van der Waals surface area contributed by atoms with Crippen LogP contribution >= 0.6 is 11.6 Å². The first-order chi connectivity index (χ1) is 9.13. The molecule has 0 heterocycles. The van der Waals surface area contributed by atoms with Crippen LogP contribution in [0.2, 0.25) is 5.02 Å². The summed E-state index contributed by atoms with van der Waals surface area (Å²) >= 11 is 5.97. The highest BCUT2D eigenvalue weighted by Crippen LogP contribution is 2.20. The van der Waals surface area contributed by atoms with Gasteiger partial charge in [-0.25, -0.2) is 8.78 Å². The number of benzene rings is 1. The Morgan fingerprint density at radius 3 is 2.79 bits per heavy atom. The molecule has 0 amide bonds. The molecular formula is C14H20ClF2NO. The molecule has 1 rings (SSSR count). The van der Waals surface area contributed by atoms with E-state index in [2.05, 4.69) is 12.2 Å². The molecule has 0 bridgehead atoms. The van der Waals surface area contributed by atoms with Crippen LogP contribution in [-0.2, 0) is 4.74 Å². The van der Waals surface area contributed by atoms with Crippen molar-refractivity contribution in [2.24, 2.45) is 0 Å². The van der Waals surface area contributed by atoms with Gasteiger partial charge in [-0.05, 0) is 37.1 Å². The van der Waals surface area contributed by atoms with Crippen LogP contribution in [0.15, 0.2) is 24.3 Å². The van der Waals surface area contributed by atoms with Crippen molar-refractivity contribution in [3.8, 4) is 0 Å². The Morgan fingerprint density at radius 2 is 2.16 bits per heavy atom. The third-order valence-electron chi connectivity index (χ3n) is 2.69. The van der Waals surface area contributed by atoms with Gasteiger partial charge in [0.25, 0.3) is 6.43 Å². The van der Waals surface area contributed by atoms with Crippen LogP contribution in [0.5, 0.6) is 0 Å². The van der Waals surface area contributed by atoms with Crippen molar-refractivity contribution in [2.45, 2.75) is 32.2 Å². The first-order valence-corrected chi connectivity index (χ1v) is 6.86. The molecular weight excluding hydrogens is 272 g/mol. The second-order valence-electron chi connectivity index (χ2n) is 4.32.